The molecule has 5 heteroatoms. The maximum Gasteiger partial charge on any atom is 0.292 e. The van der Waals surface area contributed by atoms with E-state index in [1.807, 2.05) is 37.3 Å². The van der Waals surface area contributed by atoms with Crippen LogP contribution in [-0.2, 0) is 6.61 Å². The number of aryl methyl sites for hydroxylation is 1. The molecule has 0 atom stereocenters. The molecule has 0 saturated heterocycles. The number of para-hydroxylation sites is 1. The summed E-state index contributed by atoms with van der Waals surface area (Å²) in [4.78, 5) is 10.6. The number of hydrogen-bond donors (Lipinski definition) is 1. The molecule has 0 spiro atoms. The van der Waals surface area contributed by atoms with Crippen molar-refractivity contribution in [2.24, 2.45) is 0 Å². The summed E-state index contributed by atoms with van der Waals surface area (Å²) in [6, 6.07) is 12.6. The number of ether oxygens (including phenoxy) is 1. The Bertz CT molecular complexity index is 626. The Morgan fingerprint density at radius 3 is 2.65 bits per heavy atom. The summed E-state index contributed by atoms with van der Waals surface area (Å²) < 4.78 is 5.69. The number of nitro groups is 1. The first kappa shape index (κ1) is 13.9. The van der Waals surface area contributed by atoms with Crippen LogP contribution in [0.3, 0.4) is 0 Å². The average molecular weight is 272 g/mol. The molecule has 0 aliphatic heterocycles. The second-order valence-corrected chi connectivity index (χ2v) is 4.42. The Hall–Kier alpha value is -2.56. The highest BCUT2D eigenvalue weighted by atomic mass is 16.6. The van der Waals surface area contributed by atoms with Crippen molar-refractivity contribution in [2.75, 3.05) is 12.4 Å². The summed E-state index contributed by atoms with van der Waals surface area (Å²) in [6.45, 7) is 2.26. The number of nitro benzene ring substituents is 1. The summed E-state index contributed by atoms with van der Waals surface area (Å²) >= 11 is 0. The maximum absolute atomic E-state index is 11.0. The lowest BCUT2D eigenvalue weighted by molar-refractivity contribution is -0.384. The van der Waals surface area contributed by atoms with Crippen LogP contribution < -0.4 is 10.1 Å². The van der Waals surface area contributed by atoms with Crippen LogP contribution >= 0.6 is 0 Å². The molecule has 0 fully saturated rings. The summed E-state index contributed by atoms with van der Waals surface area (Å²) in [5.74, 6) is 0.749. The molecule has 0 amide bonds. The monoisotopic (exact) mass is 272 g/mol. The molecule has 0 aliphatic carbocycles. The van der Waals surface area contributed by atoms with Crippen LogP contribution in [0.2, 0.25) is 0 Å². The topological polar surface area (TPSA) is 64.4 Å². The molecule has 1 N–H and O–H groups in total. The average Bonchev–Trinajstić information content (AvgIpc) is 2.44. The predicted molar refractivity (Wildman–Crippen MR) is 78.2 cm³/mol. The molecule has 0 unspecified atom stereocenters. The summed E-state index contributed by atoms with van der Waals surface area (Å²) in [5.41, 5.74) is 2.40. The Morgan fingerprint density at radius 1 is 1.25 bits per heavy atom. The number of rotatable bonds is 5. The SMILES string of the molecule is CNc1c(COc2cccc(C)c2)cccc1[N+](=O)[O-]. The third kappa shape index (κ3) is 3.06. The van der Waals surface area contributed by atoms with Gasteiger partial charge in [-0.3, -0.25) is 10.1 Å². The molecule has 0 saturated carbocycles. The Labute approximate surface area is 117 Å². The van der Waals surface area contributed by atoms with Crippen molar-refractivity contribution < 1.29 is 9.66 Å². The number of benzene rings is 2. The van der Waals surface area contributed by atoms with E-state index in [1.54, 1.807) is 13.1 Å². The van der Waals surface area contributed by atoms with Crippen molar-refractivity contribution in [3.8, 4) is 5.75 Å². The highest BCUT2D eigenvalue weighted by Gasteiger charge is 2.16. The van der Waals surface area contributed by atoms with Gasteiger partial charge in [-0.25, -0.2) is 0 Å². The third-order valence-electron chi connectivity index (χ3n) is 2.96. The van der Waals surface area contributed by atoms with Crippen molar-refractivity contribution >= 4 is 11.4 Å². The fourth-order valence-corrected chi connectivity index (χ4v) is 2.01. The lowest BCUT2D eigenvalue weighted by atomic mass is 10.1. The van der Waals surface area contributed by atoms with Gasteiger partial charge in [0.25, 0.3) is 5.69 Å². The minimum atomic E-state index is -0.401. The largest absolute Gasteiger partial charge is 0.489 e. The van der Waals surface area contributed by atoms with Crippen LogP contribution in [-0.4, -0.2) is 12.0 Å². The number of nitrogens with one attached hydrogen (secondary N) is 1. The first-order chi connectivity index (χ1) is 9.61. The Kier molecular flexibility index (Phi) is 4.20. The van der Waals surface area contributed by atoms with Crippen LogP contribution in [0.4, 0.5) is 11.4 Å². The van der Waals surface area contributed by atoms with Gasteiger partial charge in [-0.2, -0.15) is 0 Å². The van der Waals surface area contributed by atoms with Crippen LogP contribution in [0.25, 0.3) is 0 Å². The van der Waals surface area contributed by atoms with Crippen LogP contribution in [0.1, 0.15) is 11.1 Å². The first-order valence-electron chi connectivity index (χ1n) is 6.25. The van der Waals surface area contributed by atoms with E-state index >= 15 is 0 Å². The van der Waals surface area contributed by atoms with E-state index in [0.717, 1.165) is 16.9 Å². The van der Waals surface area contributed by atoms with Crippen molar-refractivity contribution in [3.05, 3.63) is 63.7 Å². The van der Waals surface area contributed by atoms with Gasteiger partial charge in [-0.05, 0) is 24.6 Å². The van der Waals surface area contributed by atoms with Crippen molar-refractivity contribution in [2.45, 2.75) is 13.5 Å². The molecule has 2 aromatic carbocycles. The van der Waals surface area contributed by atoms with Gasteiger partial charge in [0.15, 0.2) is 0 Å². The van der Waals surface area contributed by atoms with Crippen molar-refractivity contribution in [1.29, 1.82) is 0 Å². The zero-order chi connectivity index (χ0) is 14.5. The quantitative estimate of drug-likeness (QED) is 0.668. The minimum Gasteiger partial charge on any atom is -0.489 e. The van der Waals surface area contributed by atoms with Crippen LogP contribution in [0.5, 0.6) is 5.75 Å². The molecule has 104 valence electrons. The summed E-state index contributed by atoms with van der Waals surface area (Å²) in [5, 5.41) is 13.8. The molecule has 0 aliphatic rings. The summed E-state index contributed by atoms with van der Waals surface area (Å²) in [7, 11) is 1.67. The van der Waals surface area contributed by atoms with Gasteiger partial charge < -0.3 is 10.1 Å². The first-order valence-corrected chi connectivity index (χ1v) is 6.25. The fourth-order valence-electron chi connectivity index (χ4n) is 2.01. The van der Waals surface area contributed by atoms with E-state index < -0.39 is 4.92 Å². The van der Waals surface area contributed by atoms with Crippen molar-refractivity contribution in [3.63, 3.8) is 0 Å². The number of anilines is 1. The zero-order valence-corrected chi connectivity index (χ0v) is 11.4. The third-order valence-corrected chi connectivity index (χ3v) is 2.96. The highest BCUT2D eigenvalue weighted by Crippen LogP contribution is 2.28. The normalized spacial score (nSPS) is 10.1. The van der Waals surface area contributed by atoms with E-state index in [4.69, 9.17) is 4.74 Å². The Morgan fingerprint density at radius 2 is 2.00 bits per heavy atom. The highest BCUT2D eigenvalue weighted by molar-refractivity contribution is 5.65. The molecule has 0 bridgehead atoms. The fraction of sp³-hybridized carbons (Fsp3) is 0.200. The molecule has 0 radical (unpaired) electrons. The smallest absolute Gasteiger partial charge is 0.292 e. The van der Waals surface area contributed by atoms with E-state index in [1.165, 1.54) is 6.07 Å². The molecular formula is C15H16N2O3. The minimum absolute atomic E-state index is 0.0536. The van der Waals surface area contributed by atoms with E-state index in [9.17, 15) is 10.1 Å². The molecule has 0 aromatic heterocycles. The summed E-state index contributed by atoms with van der Waals surface area (Å²) in [6.07, 6.45) is 0. The second kappa shape index (κ2) is 6.06. The van der Waals surface area contributed by atoms with Gasteiger partial charge in [0.05, 0.1) is 4.92 Å². The lowest BCUT2D eigenvalue weighted by Crippen LogP contribution is -2.04. The molecular weight excluding hydrogens is 256 g/mol. The van der Waals surface area contributed by atoms with Crippen LogP contribution in [0, 0.1) is 17.0 Å². The van der Waals surface area contributed by atoms with Gasteiger partial charge in [-0.15, -0.1) is 0 Å². The van der Waals surface area contributed by atoms with Gasteiger partial charge in [-0.1, -0.05) is 24.3 Å². The maximum atomic E-state index is 11.0. The molecule has 0 heterocycles. The van der Waals surface area contributed by atoms with Gasteiger partial charge in [0, 0.05) is 18.7 Å². The zero-order valence-electron chi connectivity index (χ0n) is 11.4. The molecule has 2 rings (SSSR count). The van der Waals surface area contributed by atoms with Crippen LogP contribution in [0.15, 0.2) is 42.5 Å². The predicted octanol–water partition coefficient (Wildman–Crippen LogP) is 3.52. The van der Waals surface area contributed by atoms with Gasteiger partial charge in [0.2, 0.25) is 0 Å². The second-order valence-electron chi connectivity index (χ2n) is 4.42. The molecule has 20 heavy (non-hydrogen) atoms. The van der Waals surface area contributed by atoms with E-state index in [-0.39, 0.29) is 12.3 Å². The van der Waals surface area contributed by atoms with E-state index in [2.05, 4.69) is 5.32 Å². The van der Waals surface area contributed by atoms with E-state index in [0.29, 0.717) is 5.69 Å². The van der Waals surface area contributed by atoms with Gasteiger partial charge in [0.1, 0.15) is 18.0 Å². The Balaban J connectivity index is 2.21. The van der Waals surface area contributed by atoms with Gasteiger partial charge >= 0.3 is 0 Å². The lowest BCUT2D eigenvalue weighted by Gasteiger charge is -2.11. The molecule has 5 nitrogen and oxygen atoms in total. The number of nitrogens with zero attached hydrogens (tertiary/aromatic N) is 1. The number of hydrogen-bond acceptors (Lipinski definition) is 4. The standard InChI is InChI=1S/C15H16N2O3/c1-11-5-3-7-13(9-11)20-10-12-6-4-8-14(17(18)19)15(12)16-2/h3-9,16H,10H2,1-2H3. The molecule has 2 aromatic rings. The van der Waals surface area contributed by atoms with Crippen molar-refractivity contribution in [1.82, 2.24) is 0 Å².